The maximum Gasteiger partial charge on any atom is 0.145 e. The fourth-order valence-electron chi connectivity index (χ4n) is 1.17. The lowest BCUT2D eigenvalue weighted by molar-refractivity contribution is 0.195. The van der Waals surface area contributed by atoms with Gasteiger partial charge < -0.3 is 24.8 Å². The third-order valence-electron chi connectivity index (χ3n) is 2.32. The first-order valence-electron chi connectivity index (χ1n) is 5.83. The van der Waals surface area contributed by atoms with Crippen molar-refractivity contribution in [1.29, 1.82) is 0 Å². The second-order valence-corrected chi connectivity index (χ2v) is 3.83. The molecular formula is C12H18N2O5. The highest BCUT2D eigenvalue weighted by atomic mass is 16.3. The molecule has 106 valence electrons. The van der Waals surface area contributed by atoms with Gasteiger partial charge in [-0.05, 0) is 12.1 Å². The van der Waals surface area contributed by atoms with Crippen molar-refractivity contribution in [1.82, 2.24) is 0 Å². The molecule has 0 atom stereocenters. The molecule has 0 aromatic carbocycles. The summed E-state index contributed by atoms with van der Waals surface area (Å²) >= 11 is 0. The van der Waals surface area contributed by atoms with Crippen molar-refractivity contribution in [3.05, 3.63) is 23.7 Å². The Morgan fingerprint density at radius 3 is 1.53 bits per heavy atom. The summed E-state index contributed by atoms with van der Waals surface area (Å²) in [7, 11) is 0. The van der Waals surface area contributed by atoms with Gasteiger partial charge in [0.1, 0.15) is 11.5 Å². The van der Waals surface area contributed by atoms with E-state index in [4.69, 9.17) is 24.8 Å². The van der Waals surface area contributed by atoms with Gasteiger partial charge in [-0.1, -0.05) is 0 Å². The van der Waals surface area contributed by atoms with E-state index in [2.05, 4.69) is 9.98 Å². The lowest BCUT2D eigenvalue weighted by Crippen LogP contribution is -2.15. The Kier molecular flexibility index (Phi) is 6.98. The molecule has 0 saturated heterocycles. The largest absolute Gasteiger partial charge is 0.454 e. The third kappa shape index (κ3) is 5.31. The quantitative estimate of drug-likeness (QED) is 0.444. The van der Waals surface area contributed by atoms with Crippen LogP contribution < -0.4 is 0 Å². The van der Waals surface area contributed by atoms with Crippen LogP contribution in [0.2, 0.25) is 0 Å². The van der Waals surface area contributed by atoms with Crippen molar-refractivity contribution < 1.29 is 24.8 Å². The molecule has 0 fully saturated rings. The lowest BCUT2D eigenvalue weighted by atomic mass is 10.3. The fraction of sp³-hybridized carbons (Fsp3) is 0.500. The molecule has 0 radical (unpaired) electrons. The van der Waals surface area contributed by atoms with Gasteiger partial charge in [-0.25, -0.2) is 0 Å². The standard InChI is InChI=1S/C12H18N2O5/c15-5-9(6-16)13-3-11-1-2-12(19-11)4-14-10(7-17)8-18/h1-4,9-10,15-18H,5-8H2. The van der Waals surface area contributed by atoms with Gasteiger partial charge >= 0.3 is 0 Å². The van der Waals surface area contributed by atoms with Crippen LogP contribution in [0.25, 0.3) is 0 Å². The summed E-state index contributed by atoms with van der Waals surface area (Å²) in [5, 5.41) is 35.3. The molecule has 0 bridgehead atoms. The molecule has 19 heavy (non-hydrogen) atoms. The van der Waals surface area contributed by atoms with Crippen molar-refractivity contribution in [2.75, 3.05) is 26.4 Å². The summed E-state index contributed by atoms with van der Waals surface area (Å²) in [6, 6.07) is 2.19. The molecule has 7 heteroatoms. The molecule has 7 nitrogen and oxygen atoms in total. The number of aliphatic imine (C=N–C) groups is 2. The lowest BCUT2D eigenvalue weighted by Gasteiger charge is -2.02. The van der Waals surface area contributed by atoms with Gasteiger partial charge in [0.25, 0.3) is 0 Å². The number of hydrogen-bond donors (Lipinski definition) is 4. The maximum atomic E-state index is 8.84. The van der Waals surface area contributed by atoms with Crippen LogP contribution in [0.5, 0.6) is 0 Å². The maximum absolute atomic E-state index is 8.84. The summed E-state index contributed by atoms with van der Waals surface area (Å²) < 4.78 is 5.34. The minimum absolute atomic E-state index is 0.239. The minimum Gasteiger partial charge on any atom is -0.454 e. The third-order valence-corrected chi connectivity index (χ3v) is 2.32. The van der Waals surface area contributed by atoms with Gasteiger partial charge in [-0.15, -0.1) is 0 Å². The van der Waals surface area contributed by atoms with E-state index >= 15 is 0 Å². The van der Waals surface area contributed by atoms with Crippen molar-refractivity contribution in [2.45, 2.75) is 12.1 Å². The number of nitrogens with zero attached hydrogens (tertiary/aromatic N) is 2. The van der Waals surface area contributed by atoms with Gasteiger partial charge in [0.05, 0.1) is 50.9 Å². The fourth-order valence-corrected chi connectivity index (χ4v) is 1.17. The molecule has 0 aliphatic carbocycles. The molecule has 1 rings (SSSR count). The summed E-state index contributed by atoms with van der Waals surface area (Å²) in [6.07, 6.45) is 2.81. The minimum atomic E-state index is -0.560. The average molecular weight is 270 g/mol. The molecule has 0 spiro atoms. The van der Waals surface area contributed by atoms with Gasteiger partial charge in [-0.3, -0.25) is 9.98 Å². The second-order valence-electron chi connectivity index (χ2n) is 3.83. The summed E-state index contributed by atoms with van der Waals surface area (Å²) in [5.41, 5.74) is 0. The van der Waals surface area contributed by atoms with Crippen LogP contribution in [0, 0.1) is 0 Å². The Bertz CT molecular complexity index is 372. The van der Waals surface area contributed by atoms with Crippen molar-refractivity contribution >= 4 is 12.4 Å². The van der Waals surface area contributed by atoms with E-state index in [1.807, 2.05) is 0 Å². The van der Waals surface area contributed by atoms with E-state index in [9.17, 15) is 0 Å². The highest BCUT2D eigenvalue weighted by molar-refractivity contribution is 5.81. The molecule has 1 heterocycles. The smallest absolute Gasteiger partial charge is 0.145 e. The zero-order chi connectivity index (χ0) is 14.1. The molecule has 0 amide bonds. The van der Waals surface area contributed by atoms with Crippen LogP contribution in [0.1, 0.15) is 11.5 Å². The molecule has 0 unspecified atom stereocenters. The Hall–Kier alpha value is -1.54. The average Bonchev–Trinajstić information content (AvgIpc) is 2.89. The van der Waals surface area contributed by atoms with Crippen LogP contribution in [-0.4, -0.2) is 71.4 Å². The van der Waals surface area contributed by atoms with E-state index in [0.29, 0.717) is 11.5 Å². The molecule has 0 aliphatic heterocycles. The predicted molar refractivity (Wildman–Crippen MR) is 69.8 cm³/mol. The van der Waals surface area contributed by atoms with Crippen LogP contribution in [-0.2, 0) is 0 Å². The SMILES string of the molecule is OCC(CO)N=Cc1ccc(C=NC(CO)CO)o1. The summed E-state index contributed by atoms with van der Waals surface area (Å²) in [6.45, 7) is -0.958. The van der Waals surface area contributed by atoms with Crippen molar-refractivity contribution in [3.8, 4) is 0 Å². The first-order valence-corrected chi connectivity index (χ1v) is 5.83. The van der Waals surface area contributed by atoms with E-state index in [1.54, 1.807) is 12.1 Å². The van der Waals surface area contributed by atoms with Gasteiger partial charge in [0.2, 0.25) is 0 Å². The molecule has 1 aromatic heterocycles. The van der Waals surface area contributed by atoms with Gasteiger partial charge in [0, 0.05) is 0 Å². The van der Waals surface area contributed by atoms with Crippen LogP contribution >= 0.6 is 0 Å². The number of hydrogen-bond acceptors (Lipinski definition) is 7. The Morgan fingerprint density at radius 1 is 0.842 bits per heavy atom. The van der Waals surface area contributed by atoms with E-state index in [1.165, 1.54) is 12.4 Å². The molecule has 0 aliphatic rings. The first kappa shape index (κ1) is 15.5. The highest BCUT2D eigenvalue weighted by Crippen LogP contribution is 2.04. The summed E-state index contributed by atoms with van der Waals surface area (Å²) in [5.74, 6) is 0.913. The molecule has 0 saturated carbocycles. The van der Waals surface area contributed by atoms with E-state index < -0.39 is 12.1 Å². The van der Waals surface area contributed by atoms with Crippen LogP contribution in [0.15, 0.2) is 26.5 Å². The highest BCUT2D eigenvalue weighted by Gasteiger charge is 2.04. The van der Waals surface area contributed by atoms with E-state index in [0.717, 1.165) is 0 Å². The Balaban J connectivity index is 2.62. The predicted octanol–water partition coefficient (Wildman–Crippen LogP) is -1.18. The summed E-state index contributed by atoms with van der Waals surface area (Å²) in [4.78, 5) is 7.86. The Labute approximate surface area is 110 Å². The normalized spacial score (nSPS) is 12.5. The van der Waals surface area contributed by atoms with Gasteiger partial charge in [-0.2, -0.15) is 0 Å². The number of rotatable bonds is 8. The zero-order valence-electron chi connectivity index (χ0n) is 10.4. The number of furan rings is 1. The second kappa shape index (κ2) is 8.54. The molecular weight excluding hydrogens is 252 g/mol. The Morgan fingerprint density at radius 2 is 1.21 bits per heavy atom. The first-order chi connectivity index (χ1) is 9.23. The zero-order valence-corrected chi connectivity index (χ0v) is 10.4. The van der Waals surface area contributed by atoms with E-state index in [-0.39, 0.29) is 26.4 Å². The van der Waals surface area contributed by atoms with Gasteiger partial charge in [0.15, 0.2) is 0 Å². The monoisotopic (exact) mass is 270 g/mol. The van der Waals surface area contributed by atoms with Crippen molar-refractivity contribution in [3.63, 3.8) is 0 Å². The number of aliphatic hydroxyl groups excluding tert-OH is 4. The molecule has 1 aromatic rings. The van der Waals surface area contributed by atoms with Crippen LogP contribution in [0.3, 0.4) is 0 Å². The molecule has 4 N–H and O–H groups in total. The van der Waals surface area contributed by atoms with Crippen LogP contribution in [0.4, 0.5) is 0 Å². The number of aliphatic hydroxyl groups is 4. The van der Waals surface area contributed by atoms with Crippen molar-refractivity contribution in [2.24, 2.45) is 9.98 Å². The topological polar surface area (TPSA) is 119 Å².